The molecule has 1 saturated carbocycles. The van der Waals surface area contributed by atoms with Crippen molar-refractivity contribution >= 4 is 12.4 Å². The van der Waals surface area contributed by atoms with Gasteiger partial charge < -0.3 is 15.3 Å². The topological polar surface area (TPSA) is 69.6 Å². The molecule has 5 heteroatoms. The molecule has 92 valence electrons. The zero-order valence-electron chi connectivity index (χ0n) is 9.69. The molecule has 0 aromatic carbocycles. The summed E-state index contributed by atoms with van der Waals surface area (Å²) in [5.41, 5.74) is 0. The van der Waals surface area contributed by atoms with Crippen LogP contribution in [0.2, 0.25) is 0 Å². The van der Waals surface area contributed by atoms with E-state index in [0.29, 0.717) is 12.5 Å². The Labute approximate surface area is 95.8 Å². The normalized spacial score (nSPS) is 16.8. The molecule has 0 heterocycles. The number of unbranched alkanes of at least 4 members (excludes halogenated alkanes) is 1. The lowest BCUT2D eigenvalue weighted by atomic mass is 10.1. The molecule has 2 N–H and O–H groups in total. The highest BCUT2D eigenvalue weighted by Gasteiger charge is 2.27. The molecule has 0 bridgehead atoms. The summed E-state index contributed by atoms with van der Waals surface area (Å²) in [6, 6.07) is -0.0114. The highest BCUT2D eigenvalue weighted by atomic mass is 16.4. The highest BCUT2D eigenvalue weighted by Crippen LogP contribution is 2.25. The zero-order valence-corrected chi connectivity index (χ0v) is 9.69. The number of rotatable bonds is 9. The van der Waals surface area contributed by atoms with E-state index in [1.807, 2.05) is 4.90 Å². The van der Waals surface area contributed by atoms with E-state index >= 15 is 0 Å². The van der Waals surface area contributed by atoms with Gasteiger partial charge in [-0.05, 0) is 39.2 Å². The summed E-state index contributed by atoms with van der Waals surface area (Å²) in [6.45, 7) is 0.754. The number of hydrogen-bond acceptors (Lipinski definition) is 3. The summed E-state index contributed by atoms with van der Waals surface area (Å²) in [5.74, 6) is -0.808. The predicted octanol–water partition coefficient (Wildman–Crippen LogP) is 0.450. The number of amides is 1. The van der Waals surface area contributed by atoms with Crippen LogP contribution >= 0.6 is 0 Å². The van der Waals surface area contributed by atoms with E-state index < -0.39 is 12.0 Å². The maximum Gasteiger partial charge on any atom is 0.320 e. The number of carboxylic acids is 1. The van der Waals surface area contributed by atoms with E-state index in [4.69, 9.17) is 5.11 Å². The standard InChI is InChI=1S/C11H20N2O3/c1-12-10(11(15)16)4-2-3-7-13(8-14)9-5-6-9/h8-10,12H,2-7H2,1H3,(H,15,16)/t10-/m0/s1. The van der Waals surface area contributed by atoms with Gasteiger partial charge in [0.05, 0.1) is 0 Å². The molecule has 0 spiro atoms. The van der Waals surface area contributed by atoms with Crippen LogP contribution in [-0.2, 0) is 9.59 Å². The van der Waals surface area contributed by atoms with E-state index in [0.717, 1.165) is 38.6 Å². The third kappa shape index (κ3) is 4.18. The molecule has 0 saturated heterocycles. The second-order valence-corrected chi connectivity index (χ2v) is 4.25. The van der Waals surface area contributed by atoms with Crippen molar-refractivity contribution in [3.63, 3.8) is 0 Å². The molecule has 1 amide bonds. The minimum absolute atomic E-state index is 0.456. The Balaban J connectivity index is 2.09. The van der Waals surface area contributed by atoms with Crippen molar-refractivity contribution < 1.29 is 14.7 Å². The second kappa shape index (κ2) is 6.48. The van der Waals surface area contributed by atoms with E-state index in [2.05, 4.69) is 5.32 Å². The van der Waals surface area contributed by atoms with E-state index in [1.165, 1.54) is 0 Å². The molecule has 1 fully saturated rings. The third-order valence-electron chi connectivity index (χ3n) is 2.96. The molecule has 1 aliphatic rings. The number of aliphatic carboxylic acids is 1. The van der Waals surface area contributed by atoms with Crippen molar-refractivity contribution in [1.29, 1.82) is 0 Å². The number of hydrogen-bond donors (Lipinski definition) is 2. The van der Waals surface area contributed by atoms with Crippen LogP contribution in [0.3, 0.4) is 0 Å². The molecule has 1 rings (SSSR count). The monoisotopic (exact) mass is 228 g/mol. The Hall–Kier alpha value is -1.10. The molecule has 5 nitrogen and oxygen atoms in total. The van der Waals surface area contributed by atoms with E-state index in [9.17, 15) is 9.59 Å². The summed E-state index contributed by atoms with van der Waals surface area (Å²) < 4.78 is 0. The number of carboxylic acid groups (broad SMARTS) is 1. The molecule has 1 aliphatic carbocycles. The Kier molecular flexibility index (Phi) is 5.25. The first-order valence-corrected chi connectivity index (χ1v) is 5.80. The van der Waals surface area contributed by atoms with Crippen LogP contribution in [0.4, 0.5) is 0 Å². The van der Waals surface area contributed by atoms with Crippen LogP contribution in [0.15, 0.2) is 0 Å². The van der Waals surface area contributed by atoms with Crippen LogP contribution in [0.5, 0.6) is 0 Å². The van der Waals surface area contributed by atoms with Gasteiger partial charge in [-0.3, -0.25) is 9.59 Å². The van der Waals surface area contributed by atoms with Crippen molar-refractivity contribution in [2.45, 2.75) is 44.2 Å². The molecule has 0 aromatic rings. The first kappa shape index (κ1) is 13.0. The predicted molar refractivity (Wildman–Crippen MR) is 60.1 cm³/mol. The van der Waals surface area contributed by atoms with E-state index in [1.54, 1.807) is 7.05 Å². The minimum atomic E-state index is -0.808. The average Bonchev–Trinajstić information content (AvgIpc) is 3.07. The molecule has 0 radical (unpaired) electrons. The number of carbonyl (C=O) groups is 2. The van der Waals surface area contributed by atoms with Gasteiger partial charge in [-0.1, -0.05) is 0 Å². The fourth-order valence-electron chi connectivity index (χ4n) is 1.76. The highest BCUT2D eigenvalue weighted by molar-refractivity contribution is 5.73. The van der Waals surface area contributed by atoms with Gasteiger partial charge in [-0.2, -0.15) is 0 Å². The van der Waals surface area contributed by atoms with Gasteiger partial charge >= 0.3 is 5.97 Å². The number of nitrogens with zero attached hydrogens (tertiary/aromatic N) is 1. The lowest BCUT2D eigenvalue weighted by Crippen LogP contribution is -2.34. The lowest BCUT2D eigenvalue weighted by molar-refractivity contribution is -0.139. The number of nitrogens with one attached hydrogen (secondary N) is 1. The summed E-state index contributed by atoms with van der Waals surface area (Å²) in [7, 11) is 1.65. The quantitative estimate of drug-likeness (QED) is 0.444. The first-order valence-electron chi connectivity index (χ1n) is 5.80. The molecular formula is C11H20N2O3. The Bertz CT molecular complexity index is 237. The number of likely N-dealkylation sites (N-methyl/N-ethyl adjacent to an activating group) is 1. The van der Waals surface area contributed by atoms with Crippen molar-refractivity contribution in [2.24, 2.45) is 0 Å². The fraction of sp³-hybridized carbons (Fsp3) is 0.818. The maximum atomic E-state index is 10.7. The average molecular weight is 228 g/mol. The van der Waals surface area contributed by atoms with Crippen LogP contribution in [0.25, 0.3) is 0 Å². The Morgan fingerprint density at radius 2 is 2.25 bits per heavy atom. The van der Waals surface area contributed by atoms with Gasteiger partial charge in [0, 0.05) is 12.6 Å². The summed E-state index contributed by atoms with van der Waals surface area (Å²) >= 11 is 0. The van der Waals surface area contributed by atoms with E-state index in [-0.39, 0.29) is 0 Å². The van der Waals surface area contributed by atoms with Gasteiger partial charge in [0.2, 0.25) is 6.41 Å². The fourth-order valence-corrected chi connectivity index (χ4v) is 1.76. The van der Waals surface area contributed by atoms with Crippen molar-refractivity contribution in [2.75, 3.05) is 13.6 Å². The molecular weight excluding hydrogens is 208 g/mol. The largest absolute Gasteiger partial charge is 0.480 e. The van der Waals surface area contributed by atoms with Crippen molar-refractivity contribution in [3.05, 3.63) is 0 Å². The van der Waals surface area contributed by atoms with Crippen molar-refractivity contribution in [3.8, 4) is 0 Å². The van der Waals surface area contributed by atoms with Gasteiger partial charge in [-0.25, -0.2) is 0 Å². The SMILES string of the molecule is CN[C@@H](CCCCN(C=O)C1CC1)C(=O)O. The van der Waals surface area contributed by atoms with Crippen LogP contribution in [0, 0.1) is 0 Å². The summed E-state index contributed by atoms with van der Waals surface area (Å²) in [6.07, 6.45) is 5.46. The molecule has 0 unspecified atom stereocenters. The molecule has 16 heavy (non-hydrogen) atoms. The third-order valence-corrected chi connectivity index (χ3v) is 2.96. The van der Waals surface area contributed by atoms with Crippen LogP contribution in [-0.4, -0.2) is 48.1 Å². The Morgan fingerprint density at radius 3 is 2.69 bits per heavy atom. The zero-order chi connectivity index (χ0) is 12.0. The summed E-state index contributed by atoms with van der Waals surface area (Å²) in [4.78, 5) is 23.2. The van der Waals surface area contributed by atoms with Gasteiger partial charge in [0.15, 0.2) is 0 Å². The Morgan fingerprint density at radius 1 is 1.56 bits per heavy atom. The molecule has 0 aromatic heterocycles. The second-order valence-electron chi connectivity index (χ2n) is 4.25. The maximum absolute atomic E-state index is 10.7. The van der Waals surface area contributed by atoms with Crippen molar-refractivity contribution in [1.82, 2.24) is 10.2 Å². The van der Waals surface area contributed by atoms with Gasteiger partial charge in [0.25, 0.3) is 0 Å². The smallest absolute Gasteiger partial charge is 0.320 e. The summed E-state index contributed by atoms with van der Waals surface area (Å²) in [5, 5.41) is 11.6. The van der Waals surface area contributed by atoms with Gasteiger partial charge in [0.1, 0.15) is 6.04 Å². The minimum Gasteiger partial charge on any atom is -0.480 e. The van der Waals surface area contributed by atoms with Crippen LogP contribution < -0.4 is 5.32 Å². The lowest BCUT2D eigenvalue weighted by Gasteiger charge is -2.16. The van der Waals surface area contributed by atoms with Crippen LogP contribution in [0.1, 0.15) is 32.1 Å². The molecule has 1 atom stereocenters. The number of carbonyl (C=O) groups excluding carboxylic acids is 1. The van der Waals surface area contributed by atoms with Gasteiger partial charge in [-0.15, -0.1) is 0 Å². The molecule has 0 aliphatic heterocycles. The first-order chi connectivity index (χ1) is 7.69.